The standard InChI is InChI=1S/C11H20N2O/c1-9(7-12)10(2)13(3)8-11-5-4-6-14-11/h4-6,9-10H,7-8,12H2,1-3H3. The molecule has 0 saturated heterocycles. The van der Waals surface area contributed by atoms with E-state index in [-0.39, 0.29) is 0 Å². The Bertz CT molecular complexity index is 246. The van der Waals surface area contributed by atoms with Crippen molar-refractivity contribution >= 4 is 0 Å². The van der Waals surface area contributed by atoms with Crippen LogP contribution in [0.2, 0.25) is 0 Å². The minimum Gasteiger partial charge on any atom is -0.468 e. The van der Waals surface area contributed by atoms with E-state index in [1.807, 2.05) is 12.1 Å². The molecule has 1 heterocycles. The smallest absolute Gasteiger partial charge is 0.117 e. The summed E-state index contributed by atoms with van der Waals surface area (Å²) in [5, 5.41) is 0. The first-order valence-electron chi connectivity index (χ1n) is 5.07. The lowest BCUT2D eigenvalue weighted by molar-refractivity contribution is 0.182. The van der Waals surface area contributed by atoms with Gasteiger partial charge in [-0.15, -0.1) is 0 Å². The molecule has 0 aliphatic heterocycles. The Morgan fingerprint density at radius 1 is 1.50 bits per heavy atom. The Hall–Kier alpha value is -0.800. The molecular formula is C11H20N2O. The molecule has 0 spiro atoms. The van der Waals surface area contributed by atoms with Crippen LogP contribution in [0.15, 0.2) is 22.8 Å². The van der Waals surface area contributed by atoms with Gasteiger partial charge in [-0.05, 0) is 38.6 Å². The maximum Gasteiger partial charge on any atom is 0.117 e. The van der Waals surface area contributed by atoms with Crippen LogP contribution in [0.1, 0.15) is 19.6 Å². The molecule has 0 aliphatic carbocycles. The molecule has 0 aliphatic rings. The van der Waals surface area contributed by atoms with Crippen molar-refractivity contribution in [2.24, 2.45) is 11.7 Å². The van der Waals surface area contributed by atoms with Crippen molar-refractivity contribution < 1.29 is 4.42 Å². The van der Waals surface area contributed by atoms with Gasteiger partial charge in [0, 0.05) is 6.04 Å². The van der Waals surface area contributed by atoms with Crippen LogP contribution >= 0.6 is 0 Å². The predicted molar refractivity (Wildman–Crippen MR) is 57.9 cm³/mol. The molecule has 2 unspecified atom stereocenters. The first-order valence-corrected chi connectivity index (χ1v) is 5.07. The highest BCUT2D eigenvalue weighted by molar-refractivity contribution is 4.98. The van der Waals surface area contributed by atoms with Crippen LogP contribution in [0.3, 0.4) is 0 Å². The van der Waals surface area contributed by atoms with E-state index < -0.39 is 0 Å². The second-order valence-electron chi connectivity index (χ2n) is 3.95. The van der Waals surface area contributed by atoms with Gasteiger partial charge in [-0.3, -0.25) is 4.90 Å². The second kappa shape index (κ2) is 5.17. The van der Waals surface area contributed by atoms with Crippen molar-refractivity contribution in [3.8, 4) is 0 Å². The fourth-order valence-electron chi connectivity index (χ4n) is 1.42. The van der Waals surface area contributed by atoms with Gasteiger partial charge in [0.15, 0.2) is 0 Å². The highest BCUT2D eigenvalue weighted by atomic mass is 16.3. The van der Waals surface area contributed by atoms with Gasteiger partial charge in [-0.1, -0.05) is 6.92 Å². The molecule has 0 fully saturated rings. The van der Waals surface area contributed by atoms with Crippen molar-refractivity contribution in [3.05, 3.63) is 24.2 Å². The summed E-state index contributed by atoms with van der Waals surface area (Å²) in [4.78, 5) is 2.26. The van der Waals surface area contributed by atoms with E-state index in [2.05, 4.69) is 25.8 Å². The first-order chi connectivity index (χ1) is 6.65. The van der Waals surface area contributed by atoms with Gasteiger partial charge in [0.25, 0.3) is 0 Å². The van der Waals surface area contributed by atoms with Crippen molar-refractivity contribution in [2.75, 3.05) is 13.6 Å². The number of nitrogens with zero attached hydrogens (tertiary/aromatic N) is 1. The maximum absolute atomic E-state index is 5.63. The fraction of sp³-hybridized carbons (Fsp3) is 0.636. The predicted octanol–water partition coefficient (Wildman–Crippen LogP) is 1.69. The van der Waals surface area contributed by atoms with E-state index in [9.17, 15) is 0 Å². The van der Waals surface area contributed by atoms with Crippen LogP contribution in [0.25, 0.3) is 0 Å². The van der Waals surface area contributed by atoms with Gasteiger partial charge in [-0.25, -0.2) is 0 Å². The molecule has 1 aromatic heterocycles. The molecule has 80 valence electrons. The van der Waals surface area contributed by atoms with Crippen LogP contribution in [0.4, 0.5) is 0 Å². The highest BCUT2D eigenvalue weighted by Gasteiger charge is 2.16. The van der Waals surface area contributed by atoms with Crippen LogP contribution in [-0.4, -0.2) is 24.5 Å². The largest absolute Gasteiger partial charge is 0.468 e. The normalized spacial score (nSPS) is 15.8. The summed E-state index contributed by atoms with van der Waals surface area (Å²) < 4.78 is 5.29. The zero-order chi connectivity index (χ0) is 10.6. The van der Waals surface area contributed by atoms with E-state index in [1.165, 1.54) is 0 Å². The average Bonchev–Trinajstić information content (AvgIpc) is 2.68. The molecule has 3 nitrogen and oxygen atoms in total. The number of nitrogens with two attached hydrogens (primary N) is 1. The molecule has 2 N–H and O–H groups in total. The van der Waals surface area contributed by atoms with Crippen LogP contribution in [-0.2, 0) is 6.54 Å². The van der Waals surface area contributed by atoms with Gasteiger partial charge in [0.2, 0.25) is 0 Å². The Morgan fingerprint density at radius 2 is 2.21 bits per heavy atom. The third-order valence-electron chi connectivity index (χ3n) is 2.88. The lowest BCUT2D eigenvalue weighted by Crippen LogP contribution is -2.37. The fourth-order valence-corrected chi connectivity index (χ4v) is 1.42. The lowest BCUT2D eigenvalue weighted by atomic mass is 10.0. The zero-order valence-electron chi connectivity index (χ0n) is 9.23. The average molecular weight is 196 g/mol. The highest BCUT2D eigenvalue weighted by Crippen LogP contribution is 2.12. The van der Waals surface area contributed by atoms with Gasteiger partial charge in [0.05, 0.1) is 12.8 Å². The summed E-state index contributed by atoms with van der Waals surface area (Å²) in [6.45, 7) is 5.94. The topological polar surface area (TPSA) is 42.4 Å². The van der Waals surface area contributed by atoms with Crippen molar-refractivity contribution in [1.82, 2.24) is 4.90 Å². The number of hydrogen-bond donors (Lipinski definition) is 1. The van der Waals surface area contributed by atoms with Gasteiger partial charge in [0.1, 0.15) is 5.76 Å². The summed E-state index contributed by atoms with van der Waals surface area (Å²) in [6, 6.07) is 4.39. The van der Waals surface area contributed by atoms with E-state index in [0.29, 0.717) is 12.0 Å². The summed E-state index contributed by atoms with van der Waals surface area (Å²) in [5.74, 6) is 1.51. The maximum atomic E-state index is 5.63. The molecule has 0 amide bonds. The SMILES string of the molecule is CC(CN)C(C)N(C)Cc1ccco1. The van der Waals surface area contributed by atoms with Crippen molar-refractivity contribution in [3.63, 3.8) is 0 Å². The summed E-state index contributed by atoms with van der Waals surface area (Å²) in [5.41, 5.74) is 5.63. The van der Waals surface area contributed by atoms with Crippen LogP contribution in [0.5, 0.6) is 0 Å². The zero-order valence-corrected chi connectivity index (χ0v) is 9.23. The minimum atomic E-state index is 0.477. The third kappa shape index (κ3) is 2.86. The molecule has 0 bridgehead atoms. The van der Waals surface area contributed by atoms with Gasteiger partial charge in [-0.2, -0.15) is 0 Å². The van der Waals surface area contributed by atoms with Crippen LogP contribution in [0, 0.1) is 5.92 Å². The quantitative estimate of drug-likeness (QED) is 0.779. The first kappa shape index (κ1) is 11.3. The lowest BCUT2D eigenvalue weighted by Gasteiger charge is -2.28. The van der Waals surface area contributed by atoms with E-state index >= 15 is 0 Å². The third-order valence-corrected chi connectivity index (χ3v) is 2.88. The minimum absolute atomic E-state index is 0.477. The Kier molecular flexibility index (Phi) is 4.17. The van der Waals surface area contributed by atoms with E-state index in [1.54, 1.807) is 6.26 Å². The monoisotopic (exact) mass is 196 g/mol. The molecular weight excluding hydrogens is 176 g/mol. The summed E-state index contributed by atoms with van der Waals surface area (Å²) >= 11 is 0. The van der Waals surface area contributed by atoms with E-state index in [4.69, 9.17) is 10.2 Å². The molecule has 1 rings (SSSR count). The molecule has 14 heavy (non-hydrogen) atoms. The summed E-state index contributed by atoms with van der Waals surface area (Å²) in [7, 11) is 2.10. The Labute approximate surface area is 85.9 Å². The number of hydrogen-bond acceptors (Lipinski definition) is 3. The Balaban J connectivity index is 2.45. The number of furan rings is 1. The van der Waals surface area contributed by atoms with Crippen molar-refractivity contribution in [2.45, 2.75) is 26.4 Å². The summed E-state index contributed by atoms with van der Waals surface area (Å²) in [6.07, 6.45) is 1.71. The Morgan fingerprint density at radius 3 is 2.71 bits per heavy atom. The van der Waals surface area contributed by atoms with Gasteiger partial charge >= 0.3 is 0 Å². The van der Waals surface area contributed by atoms with Crippen molar-refractivity contribution in [1.29, 1.82) is 0 Å². The molecule has 0 saturated carbocycles. The van der Waals surface area contributed by atoms with Gasteiger partial charge < -0.3 is 10.2 Å². The molecule has 1 aromatic rings. The molecule has 0 radical (unpaired) electrons. The number of rotatable bonds is 5. The van der Waals surface area contributed by atoms with E-state index in [0.717, 1.165) is 18.8 Å². The second-order valence-corrected chi connectivity index (χ2v) is 3.95. The molecule has 0 aromatic carbocycles. The molecule has 3 heteroatoms. The molecule has 2 atom stereocenters. The van der Waals surface area contributed by atoms with Crippen LogP contribution < -0.4 is 5.73 Å².